The monoisotopic (exact) mass is 713 g/mol. The predicted molar refractivity (Wildman–Crippen MR) is 179 cm³/mol. The molecule has 4 rings (SSSR count). The molecule has 2 unspecified atom stereocenters. The molecule has 1 saturated carbocycles. The number of halogens is 3. The van der Waals surface area contributed by atoms with Crippen LogP contribution in [0.2, 0.25) is 5.02 Å². The van der Waals surface area contributed by atoms with Crippen LogP contribution >= 0.6 is 11.6 Å². The molecule has 274 valence electrons. The van der Waals surface area contributed by atoms with Crippen molar-refractivity contribution < 1.29 is 42.2 Å². The summed E-state index contributed by atoms with van der Waals surface area (Å²) < 4.78 is 47.0. The average Bonchev–Trinajstić information content (AvgIpc) is 3.11. The van der Waals surface area contributed by atoms with Gasteiger partial charge in [0.2, 0.25) is 5.78 Å². The number of nitrogens with one attached hydrogen (secondary N) is 3. The van der Waals surface area contributed by atoms with Crippen molar-refractivity contribution in [1.29, 1.82) is 0 Å². The highest BCUT2D eigenvalue weighted by atomic mass is 35.5. The first-order valence-corrected chi connectivity index (χ1v) is 17.7. The lowest BCUT2D eigenvalue weighted by atomic mass is 9.83. The van der Waals surface area contributed by atoms with Gasteiger partial charge in [-0.05, 0) is 42.9 Å². The number of alkyl halides is 2. The summed E-state index contributed by atoms with van der Waals surface area (Å²) in [4.78, 5) is 54.8. The van der Waals surface area contributed by atoms with Crippen LogP contribution < -0.4 is 16.0 Å². The highest BCUT2D eigenvalue weighted by Crippen LogP contribution is 2.34. The number of nitrogens with zero attached hydrogens (tertiary/aromatic N) is 2. The second-order valence-electron chi connectivity index (χ2n) is 13.0. The van der Waals surface area contributed by atoms with Crippen molar-refractivity contribution >= 4 is 35.4 Å². The van der Waals surface area contributed by atoms with E-state index < -0.39 is 41.9 Å². The number of carbonyl (C=O) groups is 4. The maximum absolute atomic E-state index is 15.5. The molecule has 2 heterocycles. The van der Waals surface area contributed by atoms with Gasteiger partial charge >= 0.3 is 18.0 Å². The molecule has 12 nitrogen and oxygen atoms in total. The van der Waals surface area contributed by atoms with Crippen molar-refractivity contribution in [2.45, 2.75) is 69.4 Å². The predicted octanol–water partition coefficient (Wildman–Crippen LogP) is 4.17. The molecule has 49 heavy (non-hydrogen) atoms. The fraction of sp³-hybridized carbons (Fsp3) is 0.706. The van der Waals surface area contributed by atoms with E-state index in [1.54, 1.807) is 18.2 Å². The van der Waals surface area contributed by atoms with E-state index in [-0.39, 0.29) is 44.5 Å². The normalized spacial score (nSPS) is 20.6. The third kappa shape index (κ3) is 11.8. The number of Topliss-reactive ketones (excluding diaryl/α,β-unsaturated/α-hetero) is 1. The second kappa shape index (κ2) is 19.4. The summed E-state index contributed by atoms with van der Waals surface area (Å²) in [5.41, 5.74) is 0.794. The maximum atomic E-state index is 15.5. The summed E-state index contributed by atoms with van der Waals surface area (Å²) in [6, 6.07) is 5.03. The molecule has 3 fully saturated rings. The Morgan fingerprint density at radius 3 is 2.49 bits per heavy atom. The van der Waals surface area contributed by atoms with Crippen molar-refractivity contribution in [1.82, 2.24) is 25.8 Å². The van der Waals surface area contributed by atoms with Crippen molar-refractivity contribution in [3.8, 4) is 0 Å². The number of methoxy groups -OCH3 is 1. The Kier molecular flexibility index (Phi) is 15.3. The zero-order valence-electron chi connectivity index (χ0n) is 28.2. The number of rotatable bonds is 15. The van der Waals surface area contributed by atoms with Gasteiger partial charge in [-0.2, -0.15) is 8.78 Å². The van der Waals surface area contributed by atoms with Crippen LogP contribution in [-0.4, -0.2) is 118 Å². The molecule has 3 atom stereocenters. The standard InChI is InChI=1S/C34H50ClF2N5O7/c1-47-33(46)39-13-18-49-29(25-9-5-11-27(35)22-25)26-10-6-14-42(23-26)32(45)40-28(21-24-7-3-2-4-8-24)30(43)34(36,37)31(44)38-12-15-41-16-19-48-20-17-41/h5,9,11,22,24,26,28-29H,2-4,6-8,10,12-21,23H2,1H3,(H,38,44)(H,39,46)(H,40,45)/t26?,28-,29?/m0/s1. The lowest BCUT2D eigenvalue weighted by Gasteiger charge is -2.38. The van der Waals surface area contributed by atoms with Crippen LogP contribution in [0.15, 0.2) is 24.3 Å². The van der Waals surface area contributed by atoms with E-state index in [2.05, 4.69) is 20.7 Å². The van der Waals surface area contributed by atoms with Gasteiger partial charge < -0.3 is 35.1 Å². The molecule has 3 N–H and O–H groups in total. The summed E-state index contributed by atoms with van der Waals surface area (Å²) in [5.74, 6) is -7.78. The van der Waals surface area contributed by atoms with Gasteiger partial charge in [0.15, 0.2) is 0 Å². The van der Waals surface area contributed by atoms with Crippen LogP contribution in [0, 0.1) is 11.8 Å². The molecule has 1 aliphatic carbocycles. The lowest BCUT2D eigenvalue weighted by Crippen LogP contribution is -2.58. The largest absolute Gasteiger partial charge is 0.453 e. The number of urea groups is 1. The molecule has 1 aromatic carbocycles. The minimum atomic E-state index is -4.31. The van der Waals surface area contributed by atoms with Crippen molar-refractivity contribution in [3.63, 3.8) is 0 Å². The fourth-order valence-corrected chi connectivity index (χ4v) is 7.06. The van der Waals surface area contributed by atoms with Gasteiger partial charge in [0, 0.05) is 56.8 Å². The number of ether oxygens (including phenoxy) is 3. The number of morpholine rings is 1. The molecule has 2 aliphatic heterocycles. The minimum absolute atomic E-state index is 0.0171. The Hall–Kier alpha value is -3.07. The number of piperidine rings is 1. The van der Waals surface area contributed by atoms with E-state index in [4.69, 9.17) is 21.1 Å². The number of carbonyl (C=O) groups excluding carboxylic acids is 4. The number of benzene rings is 1. The fourth-order valence-electron chi connectivity index (χ4n) is 6.86. The van der Waals surface area contributed by atoms with Crippen LogP contribution in [-0.2, 0) is 23.8 Å². The SMILES string of the molecule is COC(=O)NCCOC(c1cccc(Cl)c1)C1CCCN(C(=O)N[C@@H](CC2CCCCC2)C(=O)C(F)(F)C(=O)NCCN2CCOCC2)C1. The molecule has 2 saturated heterocycles. The van der Waals surface area contributed by atoms with E-state index in [0.29, 0.717) is 57.3 Å². The van der Waals surface area contributed by atoms with Crippen LogP contribution in [0.1, 0.15) is 63.0 Å². The lowest BCUT2D eigenvalue weighted by molar-refractivity contribution is -0.160. The molecule has 15 heteroatoms. The highest BCUT2D eigenvalue weighted by Gasteiger charge is 2.51. The first kappa shape index (κ1) is 38.7. The van der Waals surface area contributed by atoms with E-state index in [1.807, 2.05) is 11.0 Å². The van der Waals surface area contributed by atoms with Gasteiger partial charge in [0.1, 0.15) is 0 Å². The Morgan fingerprint density at radius 1 is 1.02 bits per heavy atom. The topological polar surface area (TPSA) is 139 Å². The first-order chi connectivity index (χ1) is 23.6. The quantitative estimate of drug-likeness (QED) is 0.182. The molecular formula is C34H50ClF2N5O7. The number of ketones is 1. The van der Waals surface area contributed by atoms with E-state index in [0.717, 1.165) is 37.7 Å². The third-order valence-corrected chi connectivity index (χ3v) is 9.76. The van der Waals surface area contributed by atoms with Gasteiger partial charge in [-0.25, -0.2) is 9.59 Å². The summed E-state index contributed by atoms with van der Waals surface area (Å²) in [6.45, 7) is 3.61. The Bertz CT molecular complexity index is 1250. The Balaban J connectivity index is 1.42. The third-order valence-electron chi connectivity index (χ3n) is 9.52. The van der Waals surface area contributed by atoms with Gasteiger partial charge in [-0.3, -0.25) is 14.5 Å². The number of hydrogen-bond acceptors (Lipinski definition) is 8. The van der Waals surface area contributed by atoms with Crippen molar-refractivity contribution in [2.75, 3.05) is 72.7 Å². The number of hydrogen-bond donors (Lipinski definition) is 3. The number of alkyl carbamates (subject to hydrolysis) is 1. The summed E-state index contributed by atoms with van der Waals surface area (Å²) in [6.07, 6.45) is 4.71. The molecule has 0 aromatic heterocycles. The molecule has 4 amide bonds. The second-order valence-corrected chi connectivity index (χ2v) is 13.4. The van der Waals surface area contributed by atoms with Crippen LogP contribution in [0.25, 0.3) is 0 Å². The van der Waals surface area contributed by atoms with Crippen LogP contribution in [0.4, 0.5) is 18.4 Å². The maximum Gasteiger partial charge on any atom is 0.406 e. The van der Waals surface area contributed by atoms with Gasteiger partial charge in [-0.15, -0.1) is 0 Å². The van der Waals surface area contributed by atoms with Crippen molar-refractivity contribution in [3.05, 3.63) is 34.9 Å². The van der Waals surface area contributed by atoms with Crippen LogP contribution in [0.5, 0.6) is 0 Å². The summed E-state index contributed by atoms with van der Waals surface area (Å²) in [7, 11) is 1.27. The molecule has 3 aliphatic rings. The molecule has 0 spiro atoms. The van der Waals surface area contributed by atoms with E-state index in [9.17, 15) is 19.2 Å². The minimum Gasteiger partial charge on any atom is -0.453 e. The molecule has 0 bridgehead atoms. The zero-order valence-corrected chi connectivity index (χ0v) is 29.0. The van der Waals surface area contributed by atoms with E-state index in [1.165, 1.54) is 12.0 Å². The van der Waals surface area contributed by atoms with E-state index >= 15 is 8.78 Å². The number of likely N-dealkylation sites (tertiary alicyclic amines) is 1. The molecular weight excluding hydrogens is 664 g/mol. The zero-order chi connectivity index (χ0) is 35.2. The smallest absolute Gasteiger partial charge is 0.406 e. The molecule has 0 radical (unpaired) electrons. The van der Waals surface area contributed by atoms with Gasteiger partial charge in [0.05, 0.1) is 39.1 Å². The highest BCUT2D eigenvalue weighted by molar-refractivity contribution is 6.30. The number of amides is 4. The Morgan fingerprint density at radius 2 is 1.78 bits per heavy atom. The van der Waals surface area contributed by atoms with Gasteiger partial charge in [0.25, 0.3) is 5.91 Å². The average molecular weight is 714 g/mol. The first-order valence-electron chi connectivity index (χ1n) is 17.3. The summed E-state index contributed by atoms with van der Waals surface area (Å²) >= 11 is 6.29. The van der Waals surface area contributed by atoms with Gasteiger partial charge in [-0.1, -0.05) is 55.8 Å². The van der Waals surface area contributed by atoms with Crippen LogP contribution in [0.3, 0.4) is 0 Å². The molecule has 1 aromatic rings. The Labute approximate surface area is 291 Å². The van der Waals surface area contributed by atoms with Crippen molar-refractivity contribution in [2.24, 2.45) is 11.8 Å². The summed E-state index contributed by atoms with van der Waals surface area (Å²) in [5, 5.41) is 7.93.